The van der Waals surface area contributed by atoms with Gasteiger partial charge < -0.3 is 40.1 Å². The van der Waals surface area contributed by atoms with Crippen LogP contribution in [0.2, 0.25) is 0 Å². The molecule has 0 amide bonds. The fraction of sp³-hybridized carbons (Fsp3) is 0.453. The topological polar surface area (TPSA) is 269 Å². The Labute approximate surface area is 525 Å². The van der Waals surface area contributed by atoms with Crippen LogP contribution >= 0.6 is 0 Å². The number of aryl methyl sites for hydroxylation is 8. The Morgan fingerprint density at radius 3 is 0.735 bits per heavy atom. The maximum Gasteiger partial charge on any atom is 2.00 e. The van der Waals surface area contributed by atoms with E-state index in [2.05, 4.69) is 26.6 Å². The number of ether oxygens (including phenoxy) is 3. The number of phenolic OH excluding ortho intramolecular Hbond substituents is 4. The molecule has 453 valence electrons. The molecule has 2 saturated carbocycles. The van der Waals surface area contributed by atoms with Gasteiger partial charge in [0.25, 0.3) is 0 Å². The van der Waals surface area contributed by atoms with Crippen LogP contribution in [0.25, 0.3) is 0 Å². The molecule has 5 fully saturated rings. The number of aromatic hydroxyl groups is 4. The molecule has 1 radical (unpaired) electrons. The first-order chi connectivity index (χ1) is 38.2. The third-order valence-corrected chi connectivity index (χ3v) is 13.0. The monoisotopic (exact) mass is 1260 g/mol. The second kappa shape index (κ2) is 50.5. The van der Waals surface area contributed by atoms with Gasteiger partial charge in [-0.05, 0) is 150 Å². The van der Waals surface area contributed by atoms with Crippen LogP contribution in [0.3, 0.4) is 0 Å². The molecule has 2 aliphatic carbocycles. The third kappa shape index (κ3) is 32.3. The zero-order valence-electron chi connectivity index (χ0n) is 49.1. The largest absolute Gasteiger partial charge is 2.00 e. The number of nitrogens with zero attached hydrogens (tertiary/aromatic N) is 4. The number of hydrogen-bond acceptors (Lipinski definition) is 11. The van der Waals surface area contributed by atoms with Crippen LogP contribution in [0.4, 0.5) is 0 Å². The Morgan fingerprint density at radius 2 is 0.590 bits per heavy atom. The Bertz CT molecular complexity index is 2260. The minimum atomic E-state index is 0. The van der Waals surface area contributed by atoms with Gasteiger partial charge in [0.05, 0.1) is 24.2 Å². The molecular weight excluding hydrogens is 1180 g/mol. The number of benzene rings is 4. The zero-order chi connectivity index (χ0) is 59.1. The Balaban J connectivity index is -0.000000526. The summed E-state index contributed by atoms with van der Waals surface area (Å²) < 4.78 is 44.5. The summed E-state index contributed by atoms with van der Waals surface area (Å²) in [6.45, 7) is 42.1. The molecule has 4 aromatic rings. The van der Waals surface area contributed by atoms with Crippen molar-refractivity contribution in [1.29, 1.82) is 0 Å². The molecule has 2 unspecified atom stereocenters. The van der Waals surface area contributed by atoms with E-state index in [1.165, 1.54) is 19.3 Å². The van der Waals surface area contributed by atoms with Crippen LogP contribution in [0.5, 0.6) is 23.0 Å². The SMILES string of the molecule is Cc1cc(C)c(O)c(C=NC2CCCC[C@H]2N=Cc2cc(C)cc(C)c2O)c1.Cc1cc(C)c(O)c(C=NC2CCCC[C@H]2N=Cc2cc(C)cc(C)c2O)c1.O.[C-]#[O+].[C-]#[O+].[C-]#[O+].[C-]#[O+].[CH-]1CCCO1.[CH-]1CCCO1.[CH-]1CCCO1.[Co].[Cr+2].[Cr]. The normalized spacial score (nSPS) is 18.1. The molecular formula is C64H83CoCr2N4O12-. The van der Waals surface area contributed by atoms with Gasteiger partial charge >= 0.3 is 62.6 Å². The number of hydrogen-bond donors (Lipinski definition) is 4. The molecule has 0 aromatic heterocycles. The number of phenols is 4. The predicted octanol–water partition coefficient (Wildman–Crippen LogP) is 12.3. The maximum absolute atomic E-state index is 10.3. The summed E-state index contributed by atoms with van der Waals surface area (Å²) in [5.41, 5.74) is 11.0. The third-order valence-electron chi connectivity index (χ3n) is 13.0. The van der Waals surface area contributed by atoms with Gasteiger partial charge in [-0.25, -0.2) is 19.8 Å². The predicted molar refractivity (Wildman–Crippen MR) is 311 cm³/mol. The first kappa shape index (κ1) is 84.6. The van der Waals surface area contributed by atoms with Crippen molar-refractivity contribution in [3.63, 3.8) is 0 Å². The van der Waals surface area contributed by atoms with Gasteiger partial charge in [-0.3, -0.25) is 20.0 Å². The number of aliphatic imine (C=N–C) groups is 4. The molecule has 0 spiro atoms. The smallest absolute Gasteiger partial charge is 0.552 e. The van der Waals surface area contributed by atoms with Crippen LogP contribution < -0.4 is 0 Å². The van der Waals surface area contributed by atoms with E-state index in [-0.39, 0.29) is 81.1 Å². The minimum absolute atomic E-state index is 0. The fourth-order valence-corrected chi connectivity index (χ4v) is 9.20. The fourth-order valence-electron chi connectivity index (χ4n) is 9.20. The minimum Gasteiger partial charge on any atom is -0.552 e. The summed E-state index contributed by atoms with van der Waals surface area (Å²) in [6, 6.07) is 16.1. The standard InChI is InChI=1S/2C24H30N2O2.3C4H7O.4CO.Co.2Cr.H2O/c2*1-15-9-17(3)23(27)19(11-15)13-25-21-7-5-6-8-22(21)26-14-20-12-16(2)10-18(4)24(20)28;3*1-2-4-5-3-1;4*1-2;;;;/h2*9-14,21-22,27-28H,5-8H2,1-4H3;3*3H,1-2,4H2;;;;;;;;1H2/q;;3*-1;;;;;;;+2;/t2*21-,22?;;;;;;;;;;;/m11.........../s1. The van der Waals surface area contributed by atoms with E-state index in [4.69, 9.17) is 52.8 Å². The second-order valence-electron chi connectivity index (χ2n) is 19.6. The average molecular weight is 1260 g/mol. The van der Waals surface area contributed by atoms with E-state index in [9.17, 15) is 20.4 Å². The van der Waals surface area contributed by atoms with E-state index in [1.807, 2.05) is 124 Å². The summed E-state index contributed by atoms with van der Waals surface area (Å²) >= 11 is 0. The van der Waals surface area contributed by atoms with Gasteiger partial charge in [0, 0.05) is 101 Å². The Kier molecular flexibility index (Phi) is 51.4. The van der Waals surface area contributed by atoms with Gasteiger partial charge in [-0.2, -0.15) is 19.3 Å². The summed E-state index contributed by atoms with van der Waals surface area (Å²) in [7, 11) is 0. The molecule has 0 bridgehead atoms. The van der Waals surface area contributed by atoms with Gasteiger partial charge in [-0.15, -0.1) is 0 Å². The Hall–Kier alpha value is -4.87. The molecule has 4 aromatic carbocycles. The van der Waals surface area contributed by atoms with Crippen LogP contribution in [0.15, 0.2) is 68.5 Å². The molecule has 3 saturated heterocycles. The first-order valence-corrected chi connectivity index (χ1v) is 26.6. The van der Waals surface area contributed by atoms with Crippen LogP contribution in [0.1, 0.15) is 157 Å². The summed E-state index contributed by atoms with van der Waals surface area (Å²) in [5, 5.41) is 41.2. The maximum atomic E-state index is 10.3. The number of rotatable bonds is 8. The van der Waals surface area contributed by atoms with Crippen LogP contribution in [-0.4, -0.2) is 94.7 Å². The Morgan fingerprint density at radius 1 is 0.398 bits per heavy atom. The molecule has 83 heavy (non-hydrogen) atoms. The van der Waals surface area contributed by atoms with Gasteiger partial charge in [0.15, 0.2) is 0 Å². The van der Waals surface area contributed by atoms with Gasteiger partial charge in [0.1, 0.15) is 23.0 Å². The van der Waals surface area contributed by atoms with E-state index < -0.39 is 0 Å². The zero-order valence-corrected chi connectivity index (χ0v) is 52.7. The molecule has 16 nitrogen and oxygen atoms in total. The second-order valence-corrected chi connectivity index (χ2v) is 19.6. The molecule has 4 atom stereocenters. The van der Waals surface area contributed by atoms with Crippen molar-refractivity contribution < 1.29 is 110 Å². The van der Waals surface area contributed by atoms with E-state index in [1.54, 1.807) is 24.9 Å². The summed E-state index contributed by atoms with van der Waals surface area (Å²) in [5.74, 6) is 1.19. The van der Waals surface area contributed by atoms with Crippen LogP contribution in [0, 0.1) is 102 Å². The molecule has 6 N–H and O–H groups in total. The molecule has 19 heteroatoms. The van der Waals surface area contributed by atoms with Gasteiger partial charge in [0.2, 0.25) is 0 Å². The van der Waals surface area contributed by atoms with Crippen molar-refractivity contribution in [3.05, 3.63) is 162 Å². The van der Waals surface area contributed by atoms with Crippen molar-refractivity contribution in [2.45, 2.75) is 169 Å². The molecule has 3 aliphatic heterocycles. The van der Waals surface area contributed by atoms with Crippen LogP contribution in [-0.2, 0) is 84.3 Å². The molecule has 3 heterocycles. The van der Waals surface area contributed by atoms with E-state index in [0.29, 0.717) is 23.0 Å². The summed E-state index contributed by atoms with van der Waals surface area (Å²) in [4.78, 5) is 19.1. The first-order valence-electron chi connectivity index (χ1n) is 26.6. The van der Waals surface area contributed by atoms with Crippen molar-refractivity contribution in [2.75, 3.05) is 19.8 Å². The van der Waals surface area contributed by atoms with Crippen molar-refractivity contribution in [2.24, 2.45) is 20.0 Å². The van der Waals surface area contributed by atoms with E-state index >= 15 is 0 Å². The quantitative estimate of drug-likeness (QED) is 0.0752. The summed E-state index contributed by atoms with van der Waals surface area (Å²) in [6.07, 6.45) is 22.8. The van der Waals surface area contributed by atoms with E-state index in [0.717, 1.165) is 157 Å². The molecule has 5 aliphatic rings. The van der Waals surface area contributed by atoms with Crippen molar-refractivity contribution in [3.8, 4) is 23.0 Å². The molecule has 9 rings (SSSR count). The average Bonchev–Trinajstić information content (AvgIpc) is 4.34. The van der Waals surface area contributed by atoms with Gasteiger partial charge in [-0.1, -0.05) is 69.2 Å². The van der Waals surface area contributed by atoms with Crippen molar-refractivity contribution >= 4 is 24.9 Å². The van der Waals surface area contributed by atoms with Crippen molar-refractivity contribution in [1.82, 2.24) is 0 Å².